The molecule has 1 atom stereocenters. The van der Waals surface area contributed by atoms with Crippen LogP contribution in [0.4, 0.5) is 0 Å². The van der Waals surface area contributed by atoms with Gasteiger partial charge in [0.05, 0.1) is 12.7 Å². The minimum absolute atomic E-state index is 0.384. The summed E-state index contributed by atoms with van der Waals surface area (Å²) in [4.78, 5) is 0. The fraction of sp³-hybridized carbons (Fsp3) is 0.600. The van der Waals surface area contributed by atoms with Gasteiger partial charge in [0.15, 0.2) is 0 Å². The van der Waals surface area contributed by atoms with Gasteiger partial charge in [0, 0.05) is 0 Å². The Morgan fingerprint density at radius 3 is 2.47 bits per heavy atom. The lowest BCUT2D eigenvalue weighted by Crippen LogP contribution is -2.07. The summed E-state index contributed by atoms with van der Waals surface area (Å²) in [5.74, 6) is 0. The summed E-state index contributed by atoms with van der Waals surface area (Å²) >= 11 is 2.45. The van der Waals surface area contributed by atoms with Crippen LogP contribution in [0.25, 0.3) is 0 Å². The third-order valence-corrected chi connectivity index (χ3v) is 3.63. The molecule has 1 unspecified atom stereocenters. The van der Waals surface area contributed by atoms with Crippen molar-refractivity contribution in [3.63, 3.8) is 0 Å². The zero-order valence-electron chi connectivity index (χ0n) is 10.7. The lowest BCUT2D eigenvalue weighted by atomic mass is 10.1. The minimum Gasteiger partial charge on any atom is -0.374 e. The fourth-order valence-corrected chi connectivity index (χ4v) is 2.32. The molecule has 0 saturated heterocycles. The van der Waals surface area contributed by atoms with Gasteiger partial charge in [-0.1, -0.05) is 72.2 Å². The molecule has 0 N–H and O–H groups in total. The molecule has 0 spiro atoms. The molecule has 0 aliphatic heterocycles. The molecule has 1 nitrogen and oxygen atoms in total. The van der Waals surface area contributed by atoms with Gasteiger partial charge in [-0.2, -0.15) is 0 Å². The van der Waals surface area contributed by atoms with Crippen LogP contribution in [0.1, 0.15) is 44.6 Å². The van der Waals surface area contributed by atoms with Crippen LogP contribution in [0.15, 0.2) is 30.3 Å². The second kappa shape index (κ2) is 9.89. The number of ether oxygens (including phenoxy) is 1. The molecule has 17 heavy (non-hydrogen) atoms. The number of rotatable bonds is 9. The minimum atomic E-state index is 0.384. The number of hydrogen-bond donors (Lipinski definition) is 0. The largest absolute Gasteiger partial charge is 0.374 e. The maximum atomic E-state index is 5.83. The second-order valence-electron chi connectivity index (χ2n) is 4.50. The van der Waals surface area contributed by atoms with E-state index >= 15 is 0 Å². The molecule has 0 aromatic heterocycles. The van der Waals surface area contributed by atoms with E-state index in [1.54, 1.807) is 0 Å². The third-order valence-electron chi connectivity index (χ3n) is 2.87. The predicted octanol–water partition coefficient (Wildman–Crippen LogP) is 4.98. The molecule has 0 aliphatic rings. The van der Waals surface area contributed by atoms with Gasteiger partial charge in [-0.15, -0.1) is 0 Å². The van der Waals surface area contributed by atoms with Gasteiger partial charge >= 0.3 is 0 Å². The second-order valence-corrected chi connectivity index (χ2v) is 5.58. The normalized spacial score (nSPS) is 12.6. The Morgan fingerprint density at radius 1 is 1.06 bits per heavy atom. The summed E-state index contributed by atoms with van der Waals surface area (Å²) in [6.07, 6.45) is 6.95. The van der Waals surface area contributed by atoms with Crippen molar-refractivity contribution in [1.82, 2.24) is 0 Å². The van der Waals surface area contributed by atoms with Gasteiger partial charge in [-0.3, -0.25) is 0 Å². The van der Waals surface area contributed by atoms with Crippen LogP contribution in [0, 0.1) is 0 Å². The van der Waals surface area contributed by atoms with Crippen molar-refractivity contribution in [2.24, 2.45) is 0 Å². The van der Waals surface area contributed by atoms with Gasteiger partial charge in [0.25, 0.3) is 0 Å². The summed E-state index contributed by atoms with van der Waals surface area (Å²) in [7, 11) is 0. The first-order valence-electron chi connectivity index (χ1n) is 6.54. The molecule has 0 radical (unpaired) electrons. The van der Waals surface area contributed by atoms with Crippen molar-refractivity contribution in [2.45, 2.75) is 51.7 Å². The summed E-state index contributed by atoms with van der Waals surface area (Å²) < 4.78 is 7.12. The van der Waals surface area contributed by atoms with Crippen LogP contribution in [-0.2, 0) is 11.3 Å². The van der Waals surface area contributed by atoms with Crippen LogP contribution in [0.3, 0.4) is 0 Å². The van der Waals surface area contributed by atoms with E-state index < -0.39 is 0 Å². The lowest BCUT2D eigenvalue weighted by Gasteiger charge is -2.12. The maximum absolute atomic E-state index is 5.83. The standard InChI is InChI=1S/C15H23IO/c1-14(9-5-2-3-8-12-16)17-13-15-10-6-4-7-11-15/h4,6-7,10-11,14H,2-3,5,8-9,12-13H2,1H3. The first-order chi connectivity index (χ1) is 8.33. The molecule has 0 amide bonds. The van der Waals surface area contributed by atoms with Gasteiger partial charge in [-0.05, 0) is 29.8 Å². The summed E-state index contributed by atoms with van der Waals surface area (Å²) in [6, 6.07) is 10.4. The van der Waals surface area contributed by atoms with Crippen molar-refractivity contribution in [2.75, 3.05) is 4.43 Å². The van der Waals surface area contributed by atoms with E-state index in [0.29, 0.717) is 6.10 Å². The summed E-state index contributed by atoms with van der Waals surface area (Å²) in [6.45, 7) is 2.93. The first-order valence-corrected chi connectivity index (χ1v) is 8.07. The van der Waals surface area contributed by atoms with Gasteiger partial charge in [0.2, 0.25) is 0 Å². The molecule has 0 heterocycles. The summed E-state index contributed by atoms with van der Waals surface area (Å²) in [5.41, 5.74) is 1.27. The van der Waals surface area contributed by atoms with Crippen LogP contribution >= 0.6 is 22.6 Å². The molecule has 0 aliphatic carbocycles. The Bertz CT molecular complexity index is 274. The van der Waals surface area contributed by atoms with E-state index in [4.69, 9.17) is 4.74 Å². The Hall–Kier alpha value is -0.0900. The quantitative estimate of drug-likeness (QED) is 0.348. The van der Waals surface area contributed by atoms with E-state index in [2.05, 4.69) is 53.8 Å². The van der Waals surface area contributed by atoms with E-state index in [1.165, 1.54) is 42.1 Å². The smallest absolute Gasteiger partial charge is 0.0720 e. The number of halogens is 1. The van der Waals surface area contributed by atoms with E-state index in [9.17, 15) is 0 Å². The van der Waals surface area contributed by atoms with Crippen molar-refractivity contribution in [3.8, 4) is 0 Å². The zero-order valence-corrected chi connectivity index (χ0v) is 12.9. The van der Waals surface area contributed by atoms with Crippen LogP contribution in [-0.4, -0.2) is 10.5 Å². The average Bonchev–Trinajstić information content (AvgIpc) is 2.37. The highest BCUT2D eigenvalue weighted by Crippen LogP contribution is 2.11. The third kappa shape index (κ3) is 7.77. The molecular formula is C15H23IO. The predicted molar refractivity (Wildman–Crippen MR) is 82.7 cm³/mol. The first kappa shape index (κ1) is 15.0. The van der Waals surface area contributed by atoms with Gasteiger partial charge in [0.1, 0.15) is 0 Å². The Kier molecular flexibility index (Phi) is 8.71. The highest BCUT2D eigenvalue weighted by molar-refractivity contribution is 14.1. The fourth-order valence-electron chi connectivity index (χ4n) is 1.78. The lowest BCUT2D eigenvalue weighted by molar-refractivity contribution is 0.0459. The number of alkyl halides is 1. The van der Waals surface area contributed by atoms with Gasteiger partial charge < -0.3 is 4.74 Å². The Labute approximate surface area is 119 Å². The zero-order chi connectivity index (χ0) is 12.3. The maximum Gasteiger partial charge on any atom is 0.0720 e. The van der Waals surface area contributed by atoms with Gasteiger partial charge in [-0.25, -0.2) is 0 Å². The highest BCUT2D eigenvalue weighted by atomic mass is 127. The number of benzene rings is 1. The highest BCUT2D eigenvalue weighted by Gasteiger charge is 2.02. The Balaban J connectivity index is 2.03. The number of unbranched alkanes of at least 4 members (excludes halogenated alkanes) is 3. The molecule has 0 bridgehead atoms. The molecule has 1 aromatic carbocycles. The molecule has 96 valence electrons. The molecule has 0 saturated carbocycles. The Morgan fingerprint density at radius 2 is 1.76 bits per heavy atom. The van der Waals surface area contributed by atoms with Crippen molar-refractivity contribution in [3.05, 3.63) is 35.9 Å². The van der Waals surface area contributed by atoms with Crippen LogP contribution < -0.4 is 0 Å². The average molecular weight is 346 g/mol. The van der Waals surface area contributed by atoms with Crippen molar-refractivity contribution >= 4 is 22.6 Å². The van der Waals surface area contributed by atoms with E-state index in [-0.39, 0.29) is 0 Å². The molecule has 1 rings (SSSR count). The van der Waals surface area contributed by atoms with E-state index in [0.717, 1.165) is 6.61 Å². The monoisotopic (exact) mass is 346 g/mol. The number of hydrogen-bond acceptors (Lipinski definition) is 1. The SMILES string of the molecule is CC(CCCCCCI)OCc1ccccc1. The molecule has 1 aromatic rings. The van der Waals surface area contributed by atoms with Crippen molar-refractivity contribution < 1.29 is 4.74 Å². The van der Waals surface area contributed by atoms with E-state index in [1.807, 2.05) is 6.07 Å². The molecular weight excluding hydrogens is 323 g/mol. The summed E-state index contributed by atoms with van der Waals surface area (Å²) in [5, 5.41) is 0. The molecule has 0 fully saturated rings. The van der Waals surface area contributed by atoms with Crippen molar-refractivity contribution in [1.29, 1.82) is 0 Å². The molecule has 2 heteroatoms. The van der Waals surface area contributed by atoms with Crippen LogP contribution in [0.2, 0.25) is 0 Å². The van der Waals surface area contributed by atoms with Crippen LogP contribution in [0.5, 0.6) is 0 Å². The topological polar surface area (TPSA) is 9.23 Å².